The number of nitrogens with one attached hydrogen (secondary N) is 10. The first-order valence-corrected chi connectivity index (χ1v) is 32.4. The summed E-state index contributed by atoms with van der Waals surface area (Å²) < 4.78 is 21.4. The van der Waals surface area contributed by atoms with Gasteiger partial charge in [0.1, 0.15) is 30.6 Å². The van der Waals surface area contributed by atoms with Gasteiger partial charge < -0.3 is 93.5 Å². The Morgan fingerprint density at radius 2 is 0.957 bits per heavy atom. The minimum absolute atomic E-state index is 0.0164. The van der Waals surface area contributed by atoms with E-state index in [4.69, 9.17) is 40.8 Å². The van der Waals surface area contributed by atoms with Gasteiger partial charge in [0, 0.05) is 90.3 Å². The zero-order chi connectivity index (χ0) is 70.7. The van der Waals surface area contributed by atoms with Crippen LogP contribution in [0.1, 0.15) is 171 Å². The second kappa shape index (κ2) is 59.2. The van der Waals surface area contributed by atoms with Gasteiger partial charge in [0.05, 0.1) is 87.8 Å². The maximum atomic E-state index is 13.0. The average molecular weight is 1330 g/mol. The van der Waals surface area contributed by atoms with Crippen LogP contribution in [0.3, 0.4) is 0 Å². The smallest absolute Gasteiger partial charge is 0.246 e. The number of carbonyl (C=O) groups is 11. The molecule has 31 heteroatoms. The summed E-state index contributed by atoms with van der Waals surface area (Å²) in [5, 5.41) is 53.0. The van der Waals surface area contributed by atoms with Crippen molar-refractivity contribution in [2.75, 3.05) is 112 Å². The topological polar surface area (TPSA) is 462 Å². The molecule has 0 aliphatic heterocycles. The van der Waals surface area contributed by atoms with Crippen LogP contribution in [0.4, 0.5) is 0 Å². The van der Waals surface area contributed by atoms with E-state index in [0.717, 1.165) is 19.3 Å². The van der Waals surface area contributed by atoms with Gasteiger partial charge in [-0.15, -0.1) is 10.3 Å². The Morgan fingerprint density at radius 3 is 1.41 bits per heavy atom. The summed E-state index contributed by atoms with van der Waals surface area (Å²) >= 11 is 0. The van der Waals surface area contributed by atoms with E-state index in [9.17, 15) is 52.7 Å². The third-order valence-electron chi connectivity index (χ3n) is 13.5. The second-order valence-electron chi connectivity index (χ2n) is 23.2. The van der Waals surface area contributed by atoms with Crippen LogP contribution in [-0.2, 0) is 71.7 Å². The largest absolute Gasteiger partial charge is 0.411 e. The number of rotatable bonds is 57. The number of Topliss-reactive ketones (excluding diaryl/α,β-unsaturated/α-hetero) is 3. The van der Waals surface area contributed by atoms with E-state index >= 15 is 0 Å². The van der Waals surface area contributed by atoms with Crippen molar-refractivity contribution < 1.29 is 82.1 Å². The molecule has 0 aromatic heterocycles. The maximum absolute atomic E-state index is 13.0. The van der Waals surface area contributed by atoms with Crippen LogP contribution in [-0.4, -0.2) is 229 Å². The summed E-state index contributed by atoms with van der Waals surface area (Å²) in [6, 6.07) is -1.13. The molecule has 3 atom stereocenters. The second-order valence-corrected chi connectivity index (χ2v) is 23.2. The summed E-state index contributed by atoms with van der Waals surface area (Å²) in [4.78, 5) is 130. The molecular weight excluding hydrogens is 1210 g/mol. The summed E-state index contributed by atoms with van der Waals surface area (Å²) in [5.74, 6) is -2.64. The van der Waals surface area contributed by atoms with Crippen LogP contribution in [0, 0.1) is 5.92 Å². The normalized spacial score (nSPS) is 12.3. The fourth-order valence-corrected chi connectivity index (χ4v) is 7.97. The van der Waals surface area contributed by atoms with Crippen molar-refractivity contribution in [2.24, 2.45) is 27.7 Å². The molecule has 93 heavy (non-hydrogen) atoms. The molecule has 0 bridgehead atoms. The standard InChI is InChI=1S/C49H92N12O14.C9H18N2O2.C4H8O/c1-7-52-47(69)37(30-39(62)15-12-19-43(65)61-38(31-57-48(2,3)35-59-70)32-58-49(4,5)36-60-71)14-8-10-20-53-41(63)17-13-18-42(64)55-22-24-72-26-29-75-34-45(67)56-23-25-73-27-28-74-33-44(66)54-21-11-9-16-40(51-6)46(50)68;1-3-4-5-8(9(10)13)11-6-7(2)12;1-3-4(2)5/h35-38,40,51,57-58,70-71H,7-34H2,1-6H3,(H2,50,68)(H,52,69)(H,53,63)(H,54,66)(H,55,64)(H,56,67)(H,61,65);8,11H,3-6H2,1-2H3,(H2,10,13);3H2,1-2H3/b59-35+,60-36+;;/t37-,40+;8-;/m10./s1. The van der Waals surface area contributed by atoms with Gasteiger partial charge in [-0.2, -0.15) is 0 Å². The number of likely N-dealkylation sites (N-methyl/N-ethyl adjacent to an activating group) is 1. The average Bonchev–Trinajstić information content (AvgIpc) is 1.42. The minimum atomic E-state index is -0.657. The first-order valence-electron chi connectivity index (χ1n) is 32.4. The van der Waals surface area contributed by atoms with Crippen molar-refractivity contribution >= 4 is 77.0 Å². The third kappa shape index (κ3) is 60.1. The van der Waals surface area contributed by atoms with E-state index in [0.29, 0.717) is 90.5 Å². The predicted octanol–water partition coefficient (Wildman–Crippen LogP) is 0.319. The molecule has 0 aromatic rings. The molecule has 16 N–H and O–H groups in total. The van der Waals surface area contributed by atoms with Gasteiger partial charge in [-0.05, 0) is 107 Å². The number of amides is 8. The molecule has 0 aliphatic carbocycles. The van der Waals surface area contributed by atoms with Gasteiger partial charge in [0.25, 0.3) is 0 Å². The molecule has 0 fully saturated rings. The van der Waals surface area contributed by atoms with Gasteiger partial charge >= 0.3 is 0 Å². The predicted molar refractivity (Wildman–Crippen MR) is 353 cm³/mol. The van der Waals surface area contributed by atoms with Gasteiger partial charge in [-0.25, -0.2) is 0 Å². The molecule has 31 nitrogen and oxygen atoms in total. The first-order chi connectivity index (χ1) is 44.1. The SMILES string of the molecule is CCC(C)=O.CCCC[C@H](NCC(C)=O)C(N)=O.CCNC(=O)[C@H](CCCCNC(=O)CCCC(=O)NCCOCCOCC(=O)NCCOCCOCC(=O)NCCCC[C@H](NC)C(N)=O)CC(=O)CCCC(=O)NC(CNC(C)(C)/C=N/O)CNC(C)(C)/C=N/O. The molecular formula is C62H118N14O17. The number of ketones is 3. The molecule has 538 valence electrons. The molecule has 0 saturated heterocycles. The minimum Gasteiger partial charge on any atom is -0.411 e. The highest BCUT2D eigenvalue weighted by Crippen LogP contribution is 2.16. The zero-order valence-electron chi connectivity index (χ0n) is 57.4. The zero-order valence-corrected chi connectivity index (χ0v) is 57.4. The Hall–Kier alpha value is -6.61. The molecule has 0 unspecified atom stereocenters. The number of unbranched alkanes of at least 4 members (excludes halogenated alkanes) is 3. The molecule has 0 spiro atoms. The number of nitrogens with zero attached hydrogens (tertiary/aromatic N) is 2. The Bertz CT molecular complexity index is 2140. The monoisotopic (exact) mass is 1330 g/mol. The molecule has 0 heterocycles. The van der Waals surface area contributed by atoms with E-state index in [1.807, 2.05) is 41.5 Å². The first kappa shape index (κ1) is 90.6. The summed E-state index contributed by atoms with van der Waals surface area (Å²) in [6.45, 7) is 19.8. The lowest BCUT2D eigenvalue weighted by Gasteiger charge is -2.29. The highest BCUT2D eigenvalue weighted by molar-refractivity contribution is 5.87. The summed E-state index contributed by atoms with van der Waals surface area (Å²) in [5.41, 5.74) is 9.12. The highest BCUT2D eigenvalue weighted by Gasteiger charge is 2.24. The van der Waals surface area contributed by atoms with Crippen LogP contribution in [0.25, 0.3) is 0 Å². The lowest BCUT2D eigenvalue weighted by molar-refractivity contribution is -0.130. The maximum Gasteiger partial charge on any atom is 0.246 e. The van der Waals surface area contributed by atoms with E-state index < -0.39 is 28.9 Å². The van der Waals surface area contributed by atoms with Crippen molar-refractivity contribution in [3.05, 3.63) is 0 Å². The number of carbonyl (C=O) groups excluding carboxylic acids is 11. The van der Waals surface area contributed by atoms with E-state index in [1.54, 1.807) is 20.9 Å². The van der Waals surface area contributed by atoms with Crippen molar-refractivity contribution in [1.82, 2.24) is 53.2 Å². The number of oxime groups is 2. The summed E-state index contributed by atoms with van der Waals surface area (Å²) in [7, 11) is 1.67. The highest BCUT2D eigenvalue weighted by atomic mass is 16.5. The molecule has 8 amide bonds. The van der Waals surface area contributed by atoms with Crippen LogP contribution < -0.4 is 64.6 Å². The Morgan fingerprint density at radius 1 is 0.516 bits per heavy atom. The van der Waals surface area contributed by atoms with E-state index in [-0.39, 0.29) is 175 Å². The molecule has 0 rings (SSSR count). The molecule has 0 saturated carbocycles. The number of ether oxygens (including phenoxy) is 4. The molecule has 0 radical (unpaired) electrons. The number of primary amides is 2. The Kier molecular flexibility index (Phi) is 57.6. The van der Waals surface area contributed by atoms with Crippen LogP contribution in [0.2, 0.25) is 0 Å². The molecule has 0 aliphatic rings. The van der Waals surface area contributed by atoms with Crippen molar-refractivity contribution in [3.63, 3.8) is 0 Å². The van der Waals surface area contributed by atoms with Crippen LogP contribution in [0.5, 0.6) is 0 Å². The van der Waals surface area contributed by atoms with Crippen molar-refractivity contribution in [3.8, 4) is 0 Å². The van der Waals surface area contributed by atoms with Crippen molar-refractivity contribution in [2.45, 2.75) is 201 Å². The van der Waals surface area contributed by atoms with Crippen molar-refractivity contribution in [1.29, 1.82) is 0 Å². The quantitative estimate of drug-likeness (QED) is 0.0169. The lowest BCUT2D eigenvalue weighted by atomic mass is 9.93. The van der Waals surface area contributed by atoms with E-state index in [1.165, 1.54) is 19.4 Å². The number of hydrogen-bond acceptors (Lipinski definition) is 23. The fourth-order valence-electron chi connectivity index (χ4n) is 7.97. The lowest BCUT2D eigenvalue weighted by Crippen LogP contribution is -2.55. The van der Waals surface area contributed by atoms with Gasteiger partial charge in [0.2, 0.25) is 47.3 Å². The van der Waals surface area contributed by atoms with Crippen LogP contribution in [0.15, 0.2) is 10.3 Å². The van der Waals surface area contributed by atoms with Gasteiger partial charge in [-0.3, -0.25) is 53.3 Å². The van der Waals surface area contributed by atoms with E-state index in [2.05, 4.69) is 63.5 Å². The number of nitrogens with two attached hydrogens (primary N) is 2. The molecule has 0 aromatic carbocycles. The number of hydrogen-bond donors (Lipinski definition) is 14. The summed E-state index contributed by atoms with van der Waals surface area (Å²) in [6.07, 6.45) is 10.9. The van der Waals surface area contributed by atoms with Gasteiger partial charge in [-0.1, -0.05) is 33.1 Å². The van der Waals surface area contributed by atoms with Crippen LogP contribution >= 0.6 is 0 Å². The van der Waals surface area contributed by atoms with Gasteiger partial charge in [0.15, 0.2) is 0 Å². The Labute approximate surface area is 551 Å². The Balaban J connectivity index is -0.00000388. The fraction of sp³-hybridized carbons (Fsp3) is 0.790. The third-order valence-corrected chi connectivity index (χ3v) is 13.5.